The number of aryl methyl sites for hydroxylation is 1. The van der Waals surface area contributed by atoms with Crippen molar-refractivity contribution in [1.82, 2.24) is 10.3 Å². The van der Waals surface area contributed by atoms with Crippen molar-refractivity contribution in [3.05, 3.63) is 77.6 Å². The zero-order valence-corrected chi connectivity index (χ0v) is 15.2. The van der Waals surface area contributed by atoms with Gasteiger partial charge in [-0.05, 0) is 23.9 Å². The first-order chi connectivity index (χ1) is 13.2. The average Bonchev–Trinajstić information content (AvgIpc) is 3.13. The van der Waals surface area contributed by atoms with E-state index in [1.54, 1.807) is 6.20 Å². The number of hydrogen-bond acceptors (Lipinski definition) is 4. The van der Waals surface area contributed by atoms with Crippen LogP contribution in [0.2, 0.25) is 0 Å². The third kappa shape index (κ3) is 3.97. The second-order valence-electron chi connectivity index (χ2n) is 6.85. The molecule has 1 amide bonds. The molecule has 27 heavy (non-hydrogen) atoms. The van der Waals surface area contributed by atoms with Gasteiger partial charge in [-0.15, -0.1) is 0 Å². The SMILES string of the molecule is Cc1cccc(CC2CC(CNC(=O)c3nccc4ccccc34)=NO2)c1. The van der Waals surface area contributed by atoms with Gasteiger partial charge in [-0.2, -0.15) is 0 Å². The number of rotatable bonds is 5. The summed E-state index contributed by atoms with van der Waals surface area (Å²) in [5, 5.41) is 8.90. The van der Waals surface area contributed by atoms with Crippen LogP contribution >= 0.6 is 0 Å². The Bertz CT molecular complexity index is 1010. The van der Waals surface area contributed by atoms with Crippen LogP contribution in [0, 0.1) is 6.92 Å². The van der Waals surface area contributed by atoms with Crippen molar-refractivity contribution < 1.29 is 9.63 Å². The van der Waals surface area contributed by atoms with Gasteiger partial charge in [0, 0.05) is 24.4 Å². The minimum Gasteiger partial charge on any atom is -0.392 e. The van der Waals surface area contributed by atoms with Crippen LogP contribution in [0.4, 0.5) is 0 Å². The second kappa shape index (κ2) is 7.58. The van der Waals surface area contributed by atoms with Crippen molar-refractivity contribution >= 4 is 22.4 Å². The van der Waals surface area contributed by atoms with E-state index >= 15 is 0 Å². The third-order valence-electron chi connectivity index (χ3n) is 4.68. The van der Waals surface area contributed by atoms with Crippen molar-refractivity contribution in [1.29, 1.82) is 0 Å². The number of benzene rings is 2. The molecule has 2 aromatic carbocycles. The lowest BCUT2D eigenvalue weighted by atomic mass is 10.0. The molecule has 2 heterocycles. The highest BCUT2D eigenvalue weighted by Crippen LogP contribution is 2.18. The monoisotopic (exact) mass is 359 g/mol. The average molecular weight is 359 g/mol. The minimum absolute atomic E-state index is 0.0226. The van der Waals surface area contributed by atoms with Crippen LogP contribution in [-0.2, 0) is 11.3 Å². The Morgan fingerprint density at radius 1 is 1.19 bits per heavy atom. The lowest BCUT2D eigenvalue weighted by Crippen LogP contribution is -2.30. The predicted molar refractivity (Wildman–Crippen MR) is 106 cm³/mol. The quantitative estimate of drug-likeness (QED) is 0.756. The molecule has 0 aliphatic carbocycles. The fraction of sp³-hybridized carbons (Fsp3) is 0.227. The largest absolute Gasteiger partial charge is 0.392 e. The van der Waals surface area contributed by atoms with Gasteiger partial charge in [-0.1, -0.05) is 59.3 Å². The molecule has 1 N–H and O–H groups in total. The summed E-state index contributed by atoms with van der Waals surface area (Å²) in [5.41, 5.74) is 3.76. The van der Waals surface area contributed by atoms with Crippen LogP contribution in [0.25, 0.3) is 10.8 Å². The summed E-state index contributed by atoms with van der Waals surface area (Å²) < 4.78 is 0. The van der Waals surface area contributed by atoms with Gasteiger partial charge in [0.05, 0.1) is 12.3 Å². The second-order valence-corrected chi connectivity index (χ2v) is 6.85. The first kappa shape index (κ1) is 17.2. The molecular formula is C22H21N3O2. The summed E-state index contributed by atoms with van der Waals surface area (Å²) in [6, 6.07) is 18.0. The van der Waals surface area contributed by atoms with Crippen LogP contribution in [-0.4, -0.2) is 29.3 Å². The molecule has 1 unspecified atom stereocenters. The van der Waals surface area contributed by atoms with Gasteiger partial charge in [-0.3, -0.25) is 9.78 Å². The zero-order valence-electron chi connectivity index (χ0n) is 15.2. The molecule has 0 fully saturated rings. The van der Waals surface area contributed by atoms with Gasteiger partial charge in [0.2, 0.25) is 0 Å². The van der Waals surface area contributed by atoms with Crippen molar-refractivity contribution in [3.8, 4) is 0 Å². The maximum absolute atomic E-state index is 12.6. The Morgan fingerprint density at radius 3 is 2.96 bits per heavy atom. The third-order valence-corrected chi connectivity index (χ3v) is 4.68. The molecule has 5 nitrogen and oxygen atoms in total. The fourth-order valence-electron chi connectivity index (χ4n) is 3.37. The van der Waals surface area contributed by atoms with Crippen LogP contribution in [0.5, 0.6) is 0 Å². The van der Waals surface area contributed by atoms with E-state index in [4.69, 9.17) is 4.84 Å². The van der Waals surface area contributed by atoms with E-state index in [1.165, 1.54) is 11.1 Å². The van der Waals surface area contributed by atoms with E-state index in [2.05, 4.69) is 46.6 Å². The number of nitrogens with zero attached hydrogens (tertiary/aromatic N) is 2. The molecule has 136 valence electrons. The van der Waals surface area contributed by atoms with Gasteiger partial charge >= 0.3 is 0 Å². The van der Waals surface area contributed by atoms with Crippen LogP contribution < -0.4 is 5.32 Å². The Morgan fingerprint density at radius 2 is 2.07 bits per heavy atom. The summed E-state index contributed by atoms with van der Waals surface area (Å²) in [5.74, 6) is -0.198. The maximum atomic E-state index is 12.6. The molecule has 0 bridgehead atoms. The van der Waals surface area contributed by atoms with Crippen LogP contribution in [0.15, 0.2) is 65.9 Å². The molecule has 1 aromatic heterocycles. The molecule has 0 saturated heterocycles. The van der Waals surface area contributed by atoms with Gasteiger partial charge in [0.25, 0.3) is 5.91 Å². The predicted octanol–water partition coefficient (Wildman–Crippen LogP) is 3.66. The molecule has 0 spiro atoms. The molecule has 0 radical (unpaired) electrons. The smallest absolute Gasteiger partial charge is 0.270 e. The number of pyridine rings is 1. The summed E-state index contributed by atoms with van der Waals surface area (Å²) in [6.45, 7) is 2.45. The number of hydrogen-bond donors (Lipinski definition) is 1. The summed E-state index contributed by atoms with van der Waals surface area (Å²) >= 11 is 0. The van der Waals surface area contributed by atoms with Gasteiger partial charge in [0.15, 0.2) is 0 Å². The van der Waals surface area contributed by atoms with Crippen molar-refractivity contribution in [3.63, 3.8) is 0 Å². The minimum atomic E-state index is -0.198. The topological polar surface area (TPSA) is 63.6 Å². The Balaban J connectivity index is 1.34. The van der Waals surface area contributed by atoms with Crippen molar-refractivity contribution in [2.45, 2.75) is 25.9 Å². The number of nitrogens with one attached hydrogen (secondary N) is 1. The maximum Gasteiger partial charge on any atom is 0.270 e. The molecular weight excluding hydrogens is 338 g/mol. The van der Waals surface area contributed by atoms with E-state index in [1.807, 2.05) is 30.3 Å². The number of carbonyl (C=O) groups is 1. The molecule has 5 heteroatoms. The zero-order chi connectivity index (χ0) is 18.6. The van der Waals surface area contributed by atoms with E-state index in [0.29, 0.717) is 12.2 Å². The van der Waals surface area contributed by atoms with Crippen LogP contribution in [0.1, 0.15) is 28.0 Å². The highest BCUT2D eigenvalue weighted by Gasteiger charge is 2.22. The Hall–Kier alpha value is -3.21. The van der Waals surface area contributed by atoms with Gasteiger partial charge in [-0.25, -0.2) is 0 Å². The highest BCUT2D eigenvalue weighted by atomic mass is 16.6. The van der Waals surface area contributed by atoms with E-state index in [9.17, 15) is 4.79 Å². The lowest BCUT2D eigenvalue weighted by Gasteiger charge is -2.09. The molecule has 4 rings (SSSR count). The van der Waals surface area contributed by atoms with Gasteiger partial charge in [0.1, 0.15) is 11.8 Å². The normalized spacial score (nSPS) is 16.0. The van der Waals surface area contributed by atoms with Crippen molar-refractivity contribution in [2.75, 3.05) is 6.54 Å². The standard InChI is InChI=1S/C22H21N3O2/c1-15-5-4-6-16(11-15)12-19-13-18(25-27-19)14-24-22(26)21-20-8-3-2-7-17(20)9-10-23-21/h2-11,19H,12-14H2,1H3,(H,24,26). The number of carbonyl (C=O) groups excluding carboxylic acids is 1. The highest BCUT2D eigenvalue weighted by molar-refractivity contribution is 6.06. The summed E-state index contributed by atoms with van der Waals surface area (Å²) in [4.78, 5) is 22.3. The first-order valence-corrected chi connectivity index (χ1v) is 9.08. The van der Waals surface area contributed by atoms with Crippen LogP contribution in [0.3, 0.4) is 0 Å². The lowest BCUT2D eigenvalue weighted by molar-refractivity contribution is 0.0859. The summed E-state index contributed by atoms with van der Waals surface area (Å²) in [6.07, 6.45) is 3.21. The van der Waals surface area contributed by atoms with E-state index in [0.717, 1.165) is 29.3 Å². The van der Waals surface area contributed by atoms with E-state index in [-0.39, 0.29) is 12.0 Å². The number of amides is 1. The first-order valence-electron chi connectivity index (χ1n) is 9.08. The van der Waals surface area contributed by atoms with Crippen molar-refractivity contribution in [2.24, 2.45) is 5.16 Å². The van der Waals surface area contributed by atoms with E-state index < -0.39 is 0 Å². The molecule has 1 atom stereocenters. The molecule has 1 aliphatic rings. The Kier molecular flexibility index (Phi) is 4.83. The van der Waals surface area contributed by atoms with Gasteiger partial charge < -0.3 is 10.2 Å². The molecule has 0 saturated carbocycles. The number of fused-ring (bicyclic) bond motifs is 1. The Labute approximate surface area is 158 Å². The number of aromatic nitrogens is 1. The fourth-order valence-corrected chi connectivity index (χ4v) is 3.37. The number of oxime groups is 1. The molecule has 3 aromatic rings. The molecule has 1 aliphatic heterocycles. The summed E-state index contributed by atoms with van der Waals surface area (Å²) in [7, 11) is 0.